The molecule has 0 heterocycles. The monoisotopic (exact) mass is 267 g/mol. The van der Waals surface area contributed by atoms with Gasteiger partial charge in [0, 0.05) is 0 Å². The van der Waals surface area contributed by atoms with Crippen LogP contribution in [0.25, 0.3) is 0 Å². The van der Waals surface area contributed by atoms with Crippen molar-refractivity contribution in [1.82, 2.24) is 0 Å². The van der Waals surface area contributed by atoms with Crippen LogP contribution in [0.5, 0.6) is 0 Å². The van der Waals surface area contributed by atoms with E-state index in [1.165, 1.54) is 0 Å². The summed E-state index contributed by atoms with van der Waals surface area (Å²) in [6.07, 6.45) is 0. The molecule has 0 aliphatic heterocycles. The fraction of sp³-hybridized carbons (Fsp3) is 0.667. The van der Waals surface area contributed by atoms with Crippen LogP contribution in [-0.4, -0.2) is 52.4 Å². The van der Waals surface area contributed by atoms with Crippen LogP contribution in [0, 0.1) is 5.92 Å². The molecule has 0 amide bonds. The van der Waals surface area contributed by atoms with Gasteiger partial charge in [-0.05, 0) is 5.92 Å². The molecule has 0 aromatic heterocycles. The molecule has 9 N–H and O–H groups in total. The quantitative estimate of drug-likeness (QED) is 0.338. The molecule has 0 bridgehead atoms. The van der Waals surface area contributed by atoms with Gasteiger partial charge in [-0.3, -0.25) is 14.4 Å². The molecule has 1 atom stereocenters. The Kier molecular flexibility index (Phi) is 16.0. The van der Waals surface area contributed by atoms with Gasteiger partial charge in [-0.1, -0.05) is 13.8 Å². The molecule has 18 heavy (non-hydrogen) atoms. The zero-order valence-corrected chi connectivity index (χ0v) is 10.4. The molecule has 0 aliphatic carbocycles. The standard InChI is InChI=1S/C5H11NO2.2C2H5NO2/c1-3(2)4(6)5(7)8;2*3-1-2(4)5/h3-4H,6H2,1-2H3,(H,7,8);2*1,3H2,(H,4,5)/t4-;;/m0../s1. The molecule has 0 saturated carbocycles. The van der Waals surface area contributed by atoms with Crippen molar-refractivity contribution in [3.8, 4) is 0 Å². The Morgan fingerprint density at radius 2 is 1.17 bits per heavy atom. The first-order valence-electron chi connectivity index (χ1n) is 4.92. The molecule has 9 nitrogen and oxygen atoms in total. The molecule has 0 unspecified atom stereocenters. The fourth-order valence-corrected chi connectivity index (χ4v) is 0.285. The van der Waals surface area contributed by atoms with Gasteiger partial charge in [-0.15, -0.1) is 0 Å². The summed E-state index contributed by atoms with van der Waals surface area (Å²) in [4.78, 5) is 28.5. The summed E-state index contributed by atoms with van der Waals surface area (Å²) < 4.78 is 0. The lowest BCUT2D eigenvalue weighted by molar-refractivity contribution is -0.139. The van der Waals surface area contributed by atoms with Crippen LogP contribution >= 0.6 is 0 Å². The van der Waals surface area contributed by atoms with Crippen LogP contribution in [0.3, 0.4) is 0 Å². The van der Waals surface area contributed by atoms with Gasteiger partial charge in [0.25, 0.3) is 0 Å². The van der Waals surface area contributed by atoms with E-state index in [2.05, 4.69) is 11.5 Å². The first-order chi connectivity index (χ1) is 8.09. The van der Waals surface area contributed by atoms with Crippen molar-refractivity contribution in [3.63, 3.8) is 0 Å². The first-order valence-corrected chi connectivity index (χ1v) is 4.92. The Labute approximate surface area is 105 Å². The normalized spacial score (nSPS) is 10.3. The van der Waals surface area contributed by atoms with E-state index in [4.69, 9.17) is 21.1 Å². The highest BCUT2D eigenvalue weighted by Gasteiger charge is 2.14. The lowest BCUT2D eigenvalue weighted by Crippen LogP contribution is -2.34. The third-order valence-corrected chi connectivity index (χ3v) is 1.35. The van der Waals surface area contributed by atoms with Crippen molar-refractivity contribution in [2.45, 2.75) is 19.9 Å². The molecule has 0 fully saturated rings. The minimum Gasteiger partial charge on any atom is -0.480 e. The van der Waals surface area contributed by atoms with Crippen LogP contribution in [0.1, 0.15) is 13.8 Å². The summed E-state index contributed by atoms with van der Waals surface area (Å²) >= 11 is 0. The van der Waals surface area contributed by atoms with Gasteiger partial charge in [0.15, 0.2) is 0 Å². The highest BCUT2D eigenvalue weighted by atomic mass is 16.4. The fourth-order valence-electron chi connectivity index (χ4n) is 0.285. The van der Waals surface area contributed by atoms with Crippen molar-refractivity contribution in [2.24, 2.45) is 23.1 Å². The molecule has 9 heteroatoms. The Morgan fingerprint density at radius 1 is 0.944 bits per heavy atom. The van der Waals surface area contributed by atoms with Gasteiger partial charge in [0.1, 0.15) is 6.04 Å². The number of hydrogen-bond acceptors (Lipinski definition) is 6. The van der Waals surface area contributed by atoms with Crippen molar-refractivity contribution < 1.29 is 29.7 Å². The summed E-state index contributed by atoms with van der Waals surface area (Å²) in [6.45, 7) is 3.00. The molecule has 0 radical (unpaired) electrons. The molecule has 0 rings (SSSR count). The number of carbonyl (C=O) groups is 3. The van der Waals surface area contributed by atoms with E-state index >= 15 is 0 Å². The second-order valence-corrected chi connectivity index (χ2v) is 3.30. The van der Waals surface area contributed by atoms with Crippen molar-refractivity contribution in [2.75, 3.05) is 13.1 Å². The maximum atomic E-state index is 10.0. The second kappa shape index (κ2) is 13.4. The van der Waals surface area contributed by atoms with Crippen LogP contribution in [-0.2, 0) is 14.4 Å². The van der Waals surface area contributed by atoms with Gasteiger partial charge in [-0.25, -0.2) is 0 Å². The summed E-state index contributed by atoms with van der Waals surface area (Å²) in [5.41, 5.74) is 14.3. The first kappa shape index (κ1) is 21.6. The molecule has 0 aromatic carbocycles. The van der Waals surface area contributed by atoms with Crippen molar-refractivity contribution in [1.29, 1.82) is 0 Å². The Morgan fingerprint density at radius 3 is 1.17 bits per heavy atom. The molecular formula is C9H21N3O6. The Hall–Kier alpha value is -1.71. The Bertz CT molecular complexity index is 243. The topological polar surface area (TPSA) is 190 Å². The van der Waals surface area contributed by atoms with Gasteiger partial charge in [0.2, 0.25) is 0 Å². The van der Waals surface area contributed by atoms with E-state index in [9.17, 15) is 14.4 Å². The predicted molar refractivity (Wildman–Crippen MR) is 63.8 cm³/mol. The zero-order valence-electron chi connectivity index (χ0n) is 10.4. The second-order valence-electron chi connectivity index (χ2n) is 3.30. The number of carboxylic acids is 3. The zero-order chi connectivity index (χ0) is 15.3. The number of hydrogen-bond donors (Lipinski definition) is 6. The third kappa shape index (κ3) is 23.8. The molecule has 0 spiro atoms. The lowest BCUT2D eigenvalue weighted by atomic mass is 10.1. The largest absolute Gasteiger partial charge is 0.480 e. The maximum absolute atomic E-state index is 10.0. The highest BCUT2D eigenvalue weighted by Crippen LogP contribution is 1.96. The number of carboxylic acid groups (broad SMARTS) is 3. The lowest BCUT2D eigenvalue weighted by Gasteiger charge is -2.07. The number of rotatable bonds is 4. The van der Waals surface area contributed by atoms with Crippen molar-refractivity contribution in [3.05, 3.63) is 0 Å². The van der Waals surface area contributed by atoms with Crippen LogP contribution in [0.2, 0.25) is 0 Å². The molecular weight excluding hydrogens is 246 g/mol. The summed E-state index contributed by atoms with van der Waals surface area (Å²) in [7, 11) is 0. The van der Waals surface area contributed by atoms with Gasteiger partial charge >= 0.3 is 17.9 Å². The van der Waals surface area contributed by atoms with Crippen molar-refractivity contribution >= 4 is 17.9 Å². The Balaban J connectivity index is -0.000000197. The summed E-state index contributed by atoms with van der Waals surface area (Å²) in [5.74, 6) is -2.84. The van der Waals surface area contributed by atoms with E-state index in [-0.39, 0.29) is 19.0 Å². The maximum Gasteiger partial charge on any atom is 0.320 e. The van der Waals surface area contributed by atoms with E-state index in [0.717, 1.165) is 0 Å². The molecule has 0 aliphatic rings. The van der Waals surface area contributed by atoms with Crippen LogP contribution < -0.4 is 17.2 Å². The van der Waals surface area contributed by atoms with Crippen LogP contribution in [0.4, 0.5) is 0 Å². The molecule has 0 saturated heterocycles. The minimum atomic E-state index is -0.968. The minimum absolute atomic E-state index is 0.0208. The van der Waals surface area contributed by atoms with Gasteiger partial charge in [0.05, 0.1) is 13.1 Å². The van der Waals surface area contributed by atoms with E-state index in [0.29, 0.717) is 0 Å². The SMILES string of the molecule is CC(C)[C@H](N)C(=O)O.NCC(=O)O.NCC(=O)O. The number of nitrogens with two attached hydrogens (primary N) is 3. The molecule has 108 valence electrons. The average molecular weight is 267 g/mol. The van der Waals surface area contributed by atoms with Gasteiger partial charge < -0.3 is 32.5 Å². The number of aliphatic carboxylic acids is 3. The van der Waals surface area contributed by atoms with E-state index in [1.54, 1.807) is 13.8 Å². The smallest absolute Gasteiger partial charge is 0.320 e. The van der Waals surface area contributed by atoms with E-state index < -0.39 is 23.9 Å². The molecule has 0 aromatic rings. The summed E-state index contributed by atoms with van der Waals surface area (Å²) in [5, 5.41) is 23.4. The highest BCUT2D eigenvalue weighted by molar-refractivity contribution is 5.73. The van der Waals surface area contributed by atoms with Crippen LogP contribution in [0.15, 0.2) is 0 Å². The average Bonchev–Trinajstić information content (AvgIpc) is 2.29. The summed E-state index contributed by atoms with van der Waals surface area (Å²) in [6, 6.07) is -0.713. The van der Waals surface area contributed by atoms with E-state index in [1.807, 2.05) is 0 Å². The third-order valence-electron chi connectivity index (χ3n) is 1.35. The predicted octanol–water partition coefficient (Wildman–Crippen LogP) is -1.89. The van der Waals surface area contributed by atoms with Gasteiger partial charge in [-0.2, -0.15) is 0 Å².